The van der Waals surface area contributed by atoms with Crippen molar-refractivity contribution in [2.24, 2.45) is 0 Å². The van der Waals surface area contributed by atoms with Crippen molar-refractivity contribution in [3.8, 4) is 5.75 Å². The highest BCUT2D eigenvalue weighted by Crippen LogP contribution is 2.49. The van der Waals surface area contributed by atoms with Gasteiger partial charge in [-0.3, -0.25) is 4.98 Å². The Morgan fingerprint density at radius 3 is 2.37 bits per heavy atom. The minimum atomic E-state index is -4.92. The van der Waals surface area contributed by atoms with Gasteiger partial charge in [0.1, 0.15) is 5.82 Å². The number of alkyl halides is 3. The maximum atomic E-state index is 14.8. The first-order chi connectivity index (χ1) is 16.4. The molecule has 0 aliphatic carbocycles. The van der Waals surface area contributed by atoms with Crippen LogP contribution in [0, 0.1) is 18.6 Å². The Morgan fingerprint density at radius 1 is 1.06 bits per heavy atom. The number of hydrogen-bond acceptors (Lipinski definition) is 5. The molecule has 2 atom stereocenters. The Labute approximate surface area is 205 Å². The molecule has 2 aromatic carbocycles. The Kier molecular flexibility index (Phi) is 8.16. The third kappa shape index (κ3) is 5.48. The molecule has 1 N–H and O–H groups in total. The number of aryl methyl sites for hydroxylation is 1. The molecular formula is C25H27F5N2O2S. The van der Waals surface area contributed by atoms with Crippen LogP contribution in [0.25, 0.3) is 10.9 Å². The molecule has 4 nitrogen and oxygen atoms in total. The first kappa shape index (κ1) is 27.0. The van der Waals surface area contributed by atoms with E-state index in [0.29, 0.717) is 22.7 Å². The molecule has 0 amide bonds. The summed E-state index contributed by atoms with van der Waals surface area (Å²) in [5, 5.41) is 3.28. The van der Waals surface area contributed by atoms with Crippen LogP contribution in [0.2, 0.25) is 0 Å². The number of methoxy groups -OCH3 is 2. The van der Waals surface area contributed by atoms with E-state index in [1.54, 1.807) is 51.1 Å². The number of nitrogens with one attached hydrogen (secondary N) is 1. The molecule has 0 fully saturated rings. The Hall–Kier alpha value is -2.59. The average Bonchev–Trinajstić information content (AvgIpc) is 2.77. The standard InChI is InChI=1S/C25H27F5N2O2S/c1-14(2)35-13-24(34-5,25(28,29)30)23(18-11-16(26)12-19(27)22(18)33-4)32-21-8-6-7-20-17(21)10-9-15(3)31-20/h6-12,14,23,32H,13H2,1-5H3. The third-order valence-electron chi connectivity index (χ3n) is 5.66. The van der Waals surface area contributed by atoms with E-state index < -0.39 is 41.0 Å². The fourth-order valence-corrected chi connectivity index (χ4v) is 4.93. The normalized spacial score (nSPS) is 14.7. The van der Waals surface area contributed by atoms with Crippen LogP contribution in [0.1, 0.15) is 31.1 Å². The number of benzene rings is 2. The van der Waals surface area contributed by atoms with Crippen LogP contribution in [-0.2, 0) is 4.74 Å². The molecular weight excluding hydrogens is 487 g/mol. The lowest BCUT2D eigenvalue weighted by Crippen LogP contribution is -2.56. The van der Waals surface area contributed by atoms with E-state index >= 15 is 0 Å². The monoisotopic (exact) mass is 514 g/mol. The Balaban J connectivity index is 2.32. The molecule has 0 aliphatic heterocycles. The summed E-state index contributed by atoms with van der Waals surface area (Å²) in [4.78, 5) is 4.43. The number of ether oxygens (including phenoxy) is 2. The van der Waals surface area contributed by atoms with E-state index in [9.17, 15) is 22.0 Å². The van der Waals surface area contributed by atoms with E-state index in [-0.39, 0.29) is 10.8 Å². The first-order valence-electron chi connectivity index (χ1n) is 10.8. The number of rotatable bonds is 9. The van der Waals surface area contributed by atoms with Crippen molar-refractivity contribution < 1.29 is 31.4 Å². The van der Waals surface area contributed by atoms with Crippen LogP contribution in [0.5, 0.6) is 5.75 Å². The van der Waals surface area contributed by atoms with Crippen LogP contribution in [-0.4, -0.2) is 42.0 Å². The maximum absolute atomic E-state index is 14.8. The molecule has 0 spiro atoms. The SMILES string of the molecule is COc1c(F)cc(F)cc1C(Nc1cccc2nc(C)ccc12)C(CSC(C)C)(OC)C(F)(F)F. The number of nitrogens with zero attached hydrogens (tertiary/aromatic N) is 1. The van der Waals surface area contributed by atoms with Gasteiger partial charge in [0, 0.05) is 41.3 Å². The van der Waals surface area contributed by atoms with Crippen LogP contribution in [0.3, 0.4) is 0 Å². The minimum absolute atomic E-state index is 0.164. The van der Waals surface area contributed by atoms with Gasteiger partial charge in [-0.1, -0.05) is 19.9 Å². The van der Waals surface area contributed by atoms with Crippen LogP contribution < -0.4 is 10.1 Å². The third-order valence-corrected chi connectivity index (χ3v) is 6.93. The van der Waals surface area contributed by atoms with E-state index in [0.717, 1.165) is 37.7 Å². The van der Waals surface area contributed by atoms with Gasteiger partial charge in [0.05, 0.1) is 18.7 Å². The van der Waals surface area contributed by atoms with Gasteiger partial charge in [0.2, 0.25) is 0 Å². The highest BCUT2D eigenvalue weighted by atomic mass is 32.2. The first-order valence-corrected chi connectivity index (χ1v) is 11.9. The summed E-state index contributed by atoms with van der Waals surface area (Å²) in [6.07, 6.45) is -4.92. The largest absolute Gasteiger partial charge is 0.493 e. The number of pyridine rings is 1. The molecule has 10 heteroatoms. The summed E-state index contributed by atoms with van der Waals surface area (Å²) in [5.74, 6) is -3.19. The van der Waals surface area contributed by atoms with Crippen LogP contribution in [0.15, 0.2) is 42.5 Å². The molecule has 1 heterocycles. The van der Waals surface area contributed by atoms with Crippen LogP contribution in [0.4, 0.5) is 27.6 Å². The second-order valence-corrected chi connectivity index (χ2v) is 9.93. The zero-order valence-electron chi connectivity index (χ0n) is 20.0. The van der Waals surface area contributed by atoms with E-state index in [2.05, 4.69) is 10.3 Å². The summed E-state index contributed by atoms with van der Waals surface area (Å²) in [6, 6.07) is 8.04. The van der Waals surface area contributed by atoms with Gasteiger partial charge in [0.15, 0.2) is 17.2 Å². The zero-order valence-corrected chi connectivity index (χ0v) is 20.8. The molecule has 190 valence electrons. The van der Waals surface area contributed by atoms with Crippen molar-refractivity contribution in [3.05, 3.63) is 65.4 Å². The predicted molar refractivity (Wildman–Crippen MR) is 129 cm³/mol. The summed E-state index contributed by atoms with van der Waals surface area (Å²) in [5.41, 5.74) is -1.64. The smallest absolute Gasteiger partial charge is 0.420 e. The van der Waals surface area contributed by atoms with E-state index in [1.807, 2.05) is 0 Å². The Bertz CT molecular complexity index is 1190. The Morgan fingerprint density at radius 2 is 1.77 bits per heavy atom. The van der Waals surface area contributed by atoms with Crippen molar-refractivity contribution in [2.75, 3.05) is 25.3 Å². The van der Waals surface area contributed by atoms with Gasteiger partial charge in [-0.25, -0.2) is 8.78 Å². The van der Waals surface area contributed by atoms with E-state index in [4.69, 9.17) is 9.47 Å². The van der Waals surface area contributed by atoms with Gasteiger partial charge in [-0.05, 0) is 42.5 Å². The molecule has 0 bridgehead atoms. The molecule has 35 heavy (non-hydrogen) atoms. The van der Waals surface area contributed by atoms with Crippen molar-refractivity contribution in [1.82, 2.24) is 4.98 Å². The maximum Gasteiger partial charge on any atom is 0.420 e. The molecule has 0 radical (unpaired) electrons. The lowest BCUT2D eigenvalue weighted by molar-refractivity contribution is -0.266. The fourth-order valence-electron chi connectivity index (χ4n) is 3.91. The number of hydrogen-bond donors (Lipinski definition) is 1. The highest BCUT2D eigenvalue weighted by Gasteiger charge is 2.61. The van der Waals surface area contributed by atoms with Gasteiger partial charge < -0.3 is 14.8 Å². The molecule has 3 rings (SSSR count). The summed E-state index contributed by atoms with van der Waals surface area (Å²) < 4.78 is 83.9. The topological polar surface area (TPSA) is 43.4 Å². The molecule has 2 unspecified atom stereocenters. The quantitative estimate of drug-likeness (QED) is 0.309. The number of fused-ring (bicyclic) bond motifs is 1. The molecule has 1 aromatic heterocycles. The second-order valence-electron chi connectivity index (χ2n) is 8.36. The predicted octanol–water partition coefficient (Wildman–Crippen LogP) is 7.07. The molecule has 0 saturated carbocycles. The van der Waals surface area contributed by atoms with Gasteiger partial charge in [0.25, 0.3) is 0 Å². The molecule has 0 aliphatic rings. The summed E-state index contributed by atoms with van der Waals surface area (Å²) >= 11 is 1.02. The highest BCUT2D eigenvalue weighted by molar-refractivity contribution is 7.99. The summed E-state index contributed by atoms with van der Waals surface area (Å²) in [7, 11) is 2.06. The molecule has 0 saturated heterocycles. The van der Waals surface area contributed by atoms with E-state index in [1.165, 1.54) is 0 Å². The fraction of sp³-hybridized carbons (Fsp3) is 0.400. The lowest BCUT2D eigenvalue weighted by atomic mass is 9.87. The van der Waals surface area contributed by atoms with Crippen molar-refractivity contribution >= 4 is 28.4 Å². The summed E-state index contributed by atoms with van der Waals surface area (Å²) in [6.45, 7) is 5.31. The number of thioether (sulfide) groups is 1. The number of anilines is 1. The van der Waals surface area contributed by atoms with Crippen molar-refractivity contribution in [2.45, 2.75) is 43.8 Å². The average molecular weight is 515 g/mol. The number of aromatic nitrogens is 1. The van der Waals surface area contributed by atoms with Crippen molar-refractivity contribution in [3.63, 3.8) is 0 Å². The zero-order chi connectivity index (χ0) is 26.0. The minimum Gasteiger partial charge on any atom is -0.493 e. The lowest BCUT2D eigenvalue weighted by Gasteiger charge is -2.42. The van der Waals surface area contributed by atoms with Crippen molar-refractivity contribution in [1.29, 1.82) is 0 Å². The van der Waals surface area contributed by atoms with Crippen LogP contribution >= 0.6 is 11.8 Å². The van der Waals surface area contributed by atoms with Gasteiger partial charge >= 0.3 is 6.18 Å². The second kappa shape index (κ2) is 10.6. The van der Waals surface area contributed by atoms with Gasteiger partial charge in [-0.2, -0.15) is 24.9 Å². The molecule has 3 aromatic rings. The van der Waals surface area contributed by atoms with Gasteiger partial charge in [-0.15, -0.1) is 0 Å². The number of halogens is 5.